The molecule has 122 valence electrons. The van der Waals surface area contributed by atoms with Crippen molar-refractivity contribution in [2.45, 2.75) is 53.1 Å². The summed E-state index contributed by atoms with van der Waals surface area (Å²) in [5.41, 5.74) is -0.651. The van der Waals surface area contributed by atoms with Gasteiger partial charge in [0.2, 0.25) is 0 Å². The number of carbonyl (C=O) groups excluding carboxylic acids is 2. The fraction of sp³-hybridized carbons (Fsp3) is 0.786. The molecule has 0 saturated carbocycles. The van der Waals surface area contributed by atoms with E-state index in [0.717, 1.165) is 0 Å². The minimum atomic E-state index is -1.13. The summed E-state index contributed by atoms with van der Waals surface area (Å²) >= 11 is 0. The van der Waals surface area contributed by atoms with Gasteiger partial charge in [0.15, 0.2) is 0 Å². The number of ether oxygens (including phenoxy) is 1. The minimum Gasteiger partial charge on any atom is -0.480 e. The molecule has 0 aromatic heterocycles. The Hall–Kier alpha value is -1.79. The molecule has 2 unspecified atom stereocenters. The molecule has 0 saturated heterocycles. The smallest absolute Gasteiger partial charge is 0.328 e. The maximum absolute atomic E-state index is 11.9. The third kappa shape index (κ3) is 6.97. The molecule has 7 heteroatoms. The number of nitrogens with one attached hydrogen (secondary N) is 2. The number of carbonyl (C=O) groups is 3. The van der Waals surface area contributed by atoms with Crippen LogP contribution in [0.1, 0.15) is 41.0 Å². The molecule has 0 heterocycles. The van der Waals surface area contributed by atoms with Crippen LogP contribution in [0.25, 0.3) is 0 Å². The molecule has 0 aromatic carbocycles. The third-order valence-electron chi connectivity index (χ3n) is 2.89. The second kappa shape index (κ2) is 7.85. The highest BCUT2D eigenvalue weighted by molar-refractivity contribution is 5.86. The molecule has 21 heavy (non-hydrogen) atoms. The first kappa shape index (κ1) is 19.2. The molecule has 0 spiro atoms. The fourth-order valence-electron chi connectivity index (χ4n) is 1.81. The summed E-state index contributed by atoms with van der Waals surface area (Å²) in [6.07, 6.45) is 0.410. The lowest BCUT2D eigenvalue weighted by Crippen LogP contribution is -2.55. The maximum atomic E-state index is 11.9. The highest BCUT2D eigenvalue weighted by atomic mass is 16.5. The van der Waals surface area contributed by atoms with E-state index in [0.29, 0.717) is 6.42 Å². The number of urea groups is 1. The average molecular weight is 302 g/mol. The Morgan fingerprint density at radius 2 is 1.67 bits per heavy atom. The predicted molar refractivity (Wildman–Crippen MR) is 77.8 cm³/mol. The van der Waals surface area contributed by atoms with Crippen LogP contribution in [-0.2, 0) is 14.3 Å². The van der Waals surface area contributed by atoms with E-state index in [9.17, 15) is 14.4 Å². The van der Waals surface area contributed by atoms with Gasteiger partial charge < -0.3 is 20.5 Å². The van der Waals surface area contributed by atoms with Gasteiger partial charge in [0, 0.05) is 0 Å². The molecule has 0 aliphatic rings. The molecule has 0 rings (SSSR count). The Balaban J connectivity index is 4.83. The first-order valence-corrected chi connectivity index (χ1v) is 6.86. The first-order chi connectivity index (χ1) is 9.48. The number of methoxy groups -OCH3 is 1. The van der Waals surface area contributed by atoms with Gasteiger partial charge >= 0.3 is 18.0 Å². The number of aliphatic carboxylic acids is 1. The molecule has 0 aliphatic carbocycles. The van der Waals surface area contributed by atoms with E-state index < -0.39 is 35.5 Å². The summed E-state index contributed by atoms with van der Waals surface area (Å²) in [6.45, 7) is 8.93. The molecule has 0 aromatic rings. The molecule has 0 bridgehead atoms. The van der Waals surface area contributed by atoms with Gasteiger partial charge in [-0.3, -0.25) is 0 Å². The van der Waals surface area contributed by atoms with E-state index >= 15 is 0 Å². The molecule has 7 nitrogen and oxygen atoms in total. The van der Waals surface area contributed by atoms with Crippen LogP contribution < -0.4 is 10.6 Å². The van der Waals surface area contributed by atoms with Crippen molar-refractivity contribution >= 4 is 18.0 Å². The Morgan fingerprint density at radius 3 is 2.00 bits per heavy atom. The van der Waals surface area contributed by atoms with E-state index in [1.807, 2.05) is 13.8 Å². The average Bonchev–Trinajstić information content (AvgIpc) is 2.31. The number of hydrogen-bond acceptors (Lipinski definition) is 4. The zero-order chi connectivity index (χ0) is 16.8. The number of hydrogen-bond donors (Lipinski definition) is 3. The molecule has 0 aliphatic heterocycles. The van der Waals surface area contributed by atoms with Crippen molar-refractivity contribution in [2.24, 2.45) is 11.3 Å². The Kier molecular flexibility index (Phi) is 7.18. The van der Waals surface area contributed by atoms with Crippen molar-refractivity contribution in [3.8, 4) is 0 Å². The van der Waals surface area contributed by atoms with Crippen molar-refractivity contribution in [3.63, 3.8) is 0 Å². The first-order valence-electron chi connectivity index (χ1n) is 6.86. The summed E-state index contributed by atoms with van der Waals surface area (Å²) < 4.78 is 4.64. The lowest BCUT2D eigenvalue weighted by Gasteiger charge is -2.28. The predicted octanol–water partition coefficient (Wildman–Crippen LogP) is 1.37. The van der Waals surface area contributed by atoms with E-state index in [1.54, 1.807) is 20.8 Å². The Morgan fingerprint density at radius 1 is 1.14 bits per heavy atom. The van der Waals surface area contributed by atoms with Crippen LogP contribution in [0.2, 0.25) is 0 Å². The van der Waals surface area contributed by atoms with Crippen molar-refractivity contribution in [1.82, 2.24) is 10.6 Å². The fourth-order valence-corrected chi connectivity index (χ4v) is 1.81. The zero-order valence-corrected chi connectivity index (χ0v) is 13.5. The van der Waals surface area contributed by atoms with Crippen LogP contribution in [0, 0.1) is 11.3 Å². The number of carboxylic acids is 1. The van der Waals surface area contributed by atoms with Crippen LogP contribution in [-0.4, -0.2) is 42.3 Å². The van der Waals surface area contributed by atoms with Crippen molar-refractivity contribution in [1.29, 1.82) is 0 Å². The van der Waals surface area contributed by atoms with Gasteiger partial charge in [-0.25, -0.2) is 14.4 Å². The molecule has 0 radical (unpaired) electrons. The lowest BCUT2D eigenvalue weighted by atomic mass is 9.87. The lowest BCUT2D eigenvalue weighted by molar-refractivity contribution is -0.143. The standard InChI is InChI=1S/C14H26N2O5/c1-8(2)7-9(12(19)21-6)15-13(20)16-10(11(17)18)14(3,4)5/h8-10H,7H2,1-6H3,(H,17,18)(H2,15,16,20). The van der Waals surface area contributed by atoms with E-state index in [2.05, 4.69) is 15.4 Å². The highest BCUT2D eigenvalue weighted by Crippen LogP contribution is 2.19. The number of rotatable bonds is 6. The number of carboxylic acid groups (broad SMARTS) is 1. The van der Waals surface area contributed by atoms with Crippen LogP contribution in [0.5, 0.6) is 0 Å². The van der Waals surface area contributed by atoms with Crippen LogP contribution >= 0.6 is 0 Å². The summed E-state index contributed by atoms with van der Waals surface area (Å²) in [7, 11) is 1.24. The van der Waals surface area contributed by atoms with E-state index in [1.165, 1.54) is 7.11 Å². The summed E-state index contributed by atoms with van der Waals surface area (Å²) in [5.74, 6) is -1.51. The van der Waals surface area contributed by atoms with Crippen LogP contribution in [0.4, 0.5) is 4.79 Å². The van der Waals surface area contributed by atoms with Crippen molar-refractivity contribution in [2.75, 3.05) is 7.11 Å². The van der Waals surface area contributed by atoms with Crippen LogP contribution in [0.3, 0.4) is 0 Å². The quantitative estimate of drug-likeness (QED) is 0.643. The minimum absolute atomic E-state index is 0.173. The Bertz CT molecular complexity index is 387. The van der Waals surface area contributed by atoms with Crippen molar-refractivity contribution in [3.05, 3.63) is 0 Å². The van der Waals surface area contributed by atoms with Gasteiger partial charge in [0.1, 0.15) is 12.1 Å². The largest absolute Gasteiger partial charge is 0.480 e. The van der Waals surface area contributed by atoms with E-state index in [-0.39, 0.29) is 5.92 Å². The SMILES string of the molecule is COC(=O)C(CC(C)C)NC(=O)NC(C(=O)O)C(C)(C)C. The second-order valence-corrected chi connectivity index (χ2v) is 6.46. The van der Waals surface area contributed by atoms with Gasteiger partial charge in [0.05, 0.1) is 7.11 Å². The van der Waals surface area contributed by atoms with Gasteiger partial charge in [-0.15, -0.1) is 0 Å². The monoisotopic (exact) mass is 302 g/mol. The molecule has 3 N–H and O–H groups in total. The van der Waals surface area contributed by atoms with Gasteiger partial charge in [-0.05, 0) is 17.8 Å². The highest BCUT2D eigenvalue weighted by Gasteiger charge is 2.33. The molecular formula is C14H26N2O5. The zero-order valence-electron chi connectivity index (χ0n) is 13.5. The molecular weight excluding hydrogens is 276 g/mol. The summed E-state index contributed by atoms with van der Waals surface area (Å²) in [6, 6.07) is -2.56. The topological polar surface area (TPSA) is 105 Å². The molecule has 2 amide bonds. The number of amides is 2. The maximum Gasteiger partial charge on any atom is 0.328 e. The van der Waals surface area contributed by atoms with E-state index in [4.69, 9.17) is 5.11 Å². The second-order valence-electron chi connectivity index (χ2n) is 6.46. The molecule has 2 atom stereocenters. The van der Waals surface area contributed by atoms with Crippen LogP contribution in [0.15, 0.2) is 0 Å². The summed E-state index contributed by atoms with van der Waals surface area (Å²) in [5, 5.41) is 14.0. The summed E-state index contributed by atoms with van der Waals surface area (Å²) in [4.78, 5) is 34.7. The van der Waals surface area contributed by atoms with Crippen molar-refractivity contribution < 1.29 is 24.2 Å². The molecule has 0 fully saturated rings. The van der Waals surface area contributed by atoms with Gasteiger partial charge in [0.25, 0.3) is 0 Å². The third-order valence-corrected chi connectivity index (χ3v) is 2.89. The normalized spacial score (nSPS) is 14.2. The van der Waals surface area contributed by atoms with Gasteiger partial charge in [-0.1, -0.05) is 34.6 Å². The van der Waals surface area contributed by atoms with Gasteiger partial charge in [-0.2, -0.15) is 0 Å². The number of esters is 1. The Labute approximate surface area is 125 Å².